The topological polar surface area (TPSA) is 65.3 Å². The molecule has 0 aliphatic heterocycles. The molecule has 0 bridgehead atoms. The van der Waals surface area contributed by atoms with Gasteiger partial charge < -0.3 is 10.0 Å². The number of azo groups is 1. The highest BCUT2D eigenvalue weighted by atomic mass is 32.1. The highest BCUT2D eigenvalue weighted by Gasteiger charge is 2.04. The van der Waals surface area contributed by atoms with Crippen molar-refractivity contribution in [2.45, 2.75) is 6.42 Å². The molecule has 20 heavy (non-hydrogen) atoms. The van der Waals surface area contributed by atoms with Crippen LogP contribution in [0.4, 0.5) is 16.4 Å². The van der Waals surface area contributed by atoms with E-state index in [-0.39, 0.29) is 6.42 Å². The normalized spacial score (nSPS) is 10.9. The number of carboxylic acids is 1. The first-order valence-corrected chi connectivity index (χ1v) is 6.86. The zero-order valence-corrected chi connectivity index (χ0v) is 12.1. The minimum atomic E-state index is -0.838. The second kappa shape index (κ2) is 6.29. The van der Waals surface area contributed by atoms with Gasteiger partial charge in [0.05, 0.1) is 12.1 Å². The zero-order chi connectivity index (χ0) is 14.5. The number of carboxylic acid groups (broad SMARTS) is 1. The van der Waals surface area contributed by atoms with E-state index in [1.807, 2.05) is 43.3 Å². The van der Waals surface area contributed by atoms with Crippen molar-refractivity contribution in [2.24, 2.45) is 10.2 Å². The first-order chi connectivity index (χ1) is 9.54. The third-order valence-electron chi connectivity index (χ3n) is 2.60. The van der Waals surface area contributed by atoms with Crippen molar-refractivity contribution in [3.63, 3.8) is 0 Å². The number of thiophene rings is 1. The van der Waals surface area contributed by atoms with Crippen LogP contribution in [0.5, 0.6) is 0 Å². The van der Waals surface area contributed by atoms with Crippen LogP contribution in [0.1, 0.15) is 4.88 Å². The zero-order valence-electron chi connectivity index (χ0n) is 11.3. The van der Waals surface area contributed by atoms with E-state index in [0.717, 1.165) is 16.3 Å². The van der Waals surface area contributed by atoms with E-state index in [9.17, 15) is 4.79 Å². The molecule has 0 fully saturated rings. The van der Waals surface area contributed by atoms with Gasteiger partial charge in [-0.25, -0.2) is 0 Å². The van der Waals surface area contributed by atoms with Gasteiger partial charge in [0, 0.05) is 24.7 Å². The van der Waals surface area contributed by atoms with Crippen LogP contribution in [0, 0.1) is 0 Å². The van der Waals surface area contributed by atoms with Gasteiger partial charge in [0.1, 0.15) is 5.00 Å². The van der Waals surface area contributed by atoms with E-state index < -0.39 is 5.97 Å². The quantitative estimate of drug-likeness (QED) is 0.850. The number of nitrogens with zero attached hydrogens (tertiary/aromatic N) is 3. The van der Waals surface area contributed by atoms with E-state index in [1.165, 1.54) is 11.3 Å². The molecule has 2 aromatic rings. The number of anilines is 1. The maximum atomic E-state index is 10.6. The molecule has 0 atom stereocenters. The minimum absolute atomic E-state index is 0.0255. The molecule has 0 unspecified atom stereocenters. The number of aliphatic carboxylic acids is 1. The SMILES string of the molecule is CN(C)c1ccc(N=Nc2ccc(CC(=O)O)s2)cc1. The Morgan fingerprint density at radius 1 is 1.15 bits per heavy atom. The molecule has 1 N–H and O–H groups in total. The molecule has 0 amide bonds. The van der Waals surface area contributed by atoms with Crippen LogP contribution in [-0.2, 0) is 11.2 Å². The van der Waals surface area contributed by atoms with E-state index >= 15 is 0 Å². The van der Waals surface area contributed by atoms with Gasteiger partial charge in [0.2, 0.25) is 0 Å². The third kappa shape index (κ3) is 3.89. The molecular weight excluding hydrogens is 274 g/mol. The second-order valence-corrected chi connectivity index (χ2v) is 5.57. The lowest BCUT2D eigenvalue weighted by Gasteiger charge is -2.11. The Kier molecular flexibility index (Phi) is 4.47. The molecular formula is C14H15N3O2S. The second-order valence-electron chi connectivity index (χ2n) is 4.42. The lowest BCUT2D eigenvalue weighted by atomic mass is 10.3. The summed E-state index contributed by atoms with van der Waals surface area (Å²) in [4.78, 5) is 13.4. The average Bonchev–Trinajstić information content (AvgIpc) is 2.83. The molecule has 0 spiro atoms. The predicted octanol–water partition coefficient (Wildman–Crippen LogP) is 3.86. The Morgan fingerprint density at radius 3 is 2.45 bits per heavy atom. The highest BCUT2D eigenvalue weighted by molar-refractivity contribution is 7.15. The summed E-state index contributed by atoms with van der Waals surface area (Å²) in [6.45, 7) is 0. The molecule has 1 aromatic carbocycles. The summed E-state index contributed by atoms with van der Waals surface area (Å²) >= 11 is 1.34. The summed E-state index contributed by atoms with van der Waals surface area (Å²) in [6.07, 6.45) is 0.0255. The van der Waals surface area contributed by atoms with Gasteiger partial charge in [-0.1, -0.05) is 0 Å². The largest absolute Gasteiger partial charge is 0.481 e. The van der Waals surface area contributed by atoms with Crippen LogP contribution in [0.3, 0.4) is 0 Å². The lowest BCUT2D eigenvalue weighted by Crippen LogP contribution is -2.07. The first-order valence-electron chi connectivity index (χ1n) is 6.04. The minimum Gasteiger partial charge on any atom is -0.481 e. The molecule has 0 aliphatic carbocycles. The van der Waals surface area contributed by atoms with Crippen LogP contribution in [0.25, 0.3) is 0 Å². The van der Waals surface area contributed by atoms with E-state index in [2.05, 4.69) is 10.2 Å². The fraction of sp³-hybridized carbons (Fsp3) is 0.214. The maximum absolute atomic E-state index is 10.6. The van der Waals surface area contributed by atoms with Crippen molar-refractivity contribution in [3.05, 3.63) is 41.3 Å². The Morgan fingerprint density at radius 2 is 1.85 bits per heavy atom. The molecule has 0 saturated heterocycles. The summed E-state index contributed by atoms with van der Waals surface area (Å²) in [5.74, 6) is -0.838. The Balaban J connectivity index is 2.05. The summed E-state index contributed by atoms with van der Waals surface area (Å²) in [6, 6.07) is 11.3. The molecule has 2 rings (SSSR count). The fourth-order valence-electron chi connectivity index (χ4n) is 1.59. The van der Waals surface area contributed by atoms with Crippen LogP contribution in [-0.4, -0.2) is 25.2 Å². The number of hydrogen-bond donors (Lipinski definition) is 1. The molecule has 1 heterocycles. The van der Waals surface area contributed by atoms with Gasteiger partial charge in [-0.15, -0.1) is 21.6 Å². The summed E-state index contributed by atoms with van der Waals surface area (Å²) < 4.78 is 0. The Bertz CT molecular complexity index is 618. The molecule has 6 heteroatoms. The molecule has 5 nitrogen and oxygen atoms in total. The highest BCUT2D eigenvalue weighted by Crippen LogP contribution is 2.27. The maximum Gasteiger partial charge on any atom is 0.308 e. The van der Waals surface area contributed by atoms with Crippen molar-refractivity contribution in [1.29, 1.82) is 0 Å². The number of hydrogen-bond acceptors (Lipinski definition) is 5. The summed E-state index contributed by atoms with van der Waals surface area (Å²) in [5.41, 5.74) is 1.87. The fourth-order valence-corrected chi connectivity index (χ4v) is 2.41. The molecule has 0 radical (unpaired) electrons. The monoisotopic (exact) mass is 289 g/mol. The number of rotatable bonds is 5. The molecule has 0 aliphatic rings. The predicted molar refractivity (Wildman–Crippen MR) is 80.6 cm³/mol. The van der Waals surface area contributed by atoms with Gasteiger partial charge in [-0.2, -0.15) is 0 Å². The summed E-state index contributed by atoms with van der Waals surface area (Å²) in [7, 11) is 3.96. The standard InChI is InChI=1S/C14H15N3O2S/c1-17(2)11-5-3-10(4-6-11)15-16-13-8-7-12(20-13)9-14(18)19/h3-8H,9H2,1-2H3,(H,18,19). The van der Waals surface area contributed by atoms with Crippen molar-refractivity contribution in [2.75, 3.05) is 19.0 Å². The van der Waals surface area contributed by atoms with Crippen LogP contribution in [0.15, 0.2) is 46.6 Å². The van der Waals surface area contributed by atoms with Gasteiger partial charge >= 0.3 is 5.97 Å². The number of benzene rings is 1. The van der Waals surface area contributed by atoms with Crippen molar-refractivity contribution in [3.8, 4) is 0 Å². The van der Waals surface area contributed by atoms with Crippen LogP contribution in [0.2, 0.25) is 0 Å². The van der Waals surface area contributed by atoms with E-state index in [0.29, 0.717) is 5.00 Å². The van der Waals surface area contributed by atoms with E-state index in [1.54, 1.807) is 12.1 Å². The average molecular weight is 289 g/mol. The van der Waals surface area contributed by atoms with Gasteiger partial charge in [0.25, 0.3) is 0 Å². The Labute approximate surface area is 121 Å². The van der Waals surface area contributed by atoms with E-state index in [4.69, 9.17) is 5.11 Å². The van der Waals surface area contributed by atoms with Crippen molar-refractivity contribution < 1.29 is 9.90 Å². The third-order valence-corrected chi connectivity index (χ3v) is 3.57. The summed E-state index contributed by atoms with van der Waals surface area (Å²) in [5, 5.41) is 17.7. The smallest absolute Gasteiger partial charge is 0.308 e. The van der Waals surface area contributed by atoms with Gasteiger partial charge in [-0.05, 0) is 36.4 Å². The molecule has 1 aromatic heterocycles. The van der Waals surface area contributed by atoms with Crippen LogP contribution >= 0.6 is 11.3 Å². The Hall–Kier alpha value is -2.21. The van der Waals surface area contributed by atoms with Crippen molar-refractivity contribution in [1.82, 2.24) is 0 Å². The van der Waals surface area contributed by atoms with Gasteiger partial charge in [0.15, 0.2) is 0 Å². The number of carbonyl (C=O) groups is 1. The molecule has 104 valence electrons. The first kappa shape index (κ1) is 14.2. The van der Waals surface area contributed by atoms with Crippen molar-refractivity contribution >= 4 is 33.7 Å². The molecule has 0 saturated carbocycles. The van der Waals surface area contributed by atoms with Crippen LogP contribution < -0.4 is 4.90 Å². The van der Waals surface area contributed by atoms with Gasteiger partial charge in [-0.3, -0.25) is 4.79 Å². The lowest BCUT2D eigenvalue weighted by molar-refractivity contribution is -0.136.